The minimum atomic E-state index is -4.04. The maximum Gasteiger partial charge on any atom is 0.269 e. The van der Waals surface area contributed by atoms with Gasteiger partial charge in [0.15, 0.2) is 0 Å². The maximum absolute atomic E-state index is 13.3. The Morgan fingerprint density at radius 2 is 1.74 bits per heavy atom. The number of nitrogens with zero attached hydrogens (tertiary/aromatic N) is 2. The normalized spacial score (nSPS) is 16.0. The van der Waals surface area contributed by atoms with Crippen molar-refractivity contribution >= 4 is 27.7 Å². The van der Waals surface area contributed by atoms with Crippen LogP contribution in [0, 0.1) is 5.82 Å². The lowest BCUT2D eigenvalue weighted by atomic mass is 10.1. The fourth-order valence-corrected chi connectivity index (χ4v) is 5.20. The van der Waals surface area contributed by atoms with Gasteiger partial charge in [0.05, 0.1) is 5.56 Å². The van der Waals surface area contributed by atoms with Gasteiger partial charge < -0.3 is 10.2 Å². The molecule has 182 valence electrons. The molecule has 1 heterocycles. The Hall–Kier alpha value is -3.27. The standard InChI is InChI=1S/C24H28FN3O5S/c1-4-16(2)26-23(30)17(3)27(15-18-9-11-19(25)12-10-18)22(29)13-14-28-24(31)20-7-5-6-8-21(20)34(28,32)33/h5-12,16-17H,4,13-15H2,1-3H3,(H,26,30)/t16-,17-/m0/s1. The van der Waals surface area contributed by atoms with Gasteiger partial charge in [-0.05, 0) is 50.1 Å². The van der Waals surface area contributed by atoms with Crippen molar-refractivity contribution in [2.75, 3.05) is 6.54 Å². The molecule has 2 aromatic carbocycles. The zero-order valence-electron chi connectivity index (χ0n) is 19.3. The van der Waals surface area contributed by atoms with Gasteiger partial charge in [0.25, 0.3) is 15.9 Å². The largest absolute Gasteiger partial charge is 0.352 e. The monoisotopic (exact) mass is 489 g/mol. The summed E-state index contributed by atoms with van der Waals surface area (Å²) in [5, 5.41) is 2.84. The second kappa shape index (κ2) is 10.3. The van der Waals surface area contributed by atoms with Crippen LogP contribution in [0.4, 0.5) is 4.39 Å². The lowest BCUT2D eigenvalue weighted by molar-refractivity contribution is -0.140. The van der Waals surface area contributed by atoms with E-state index in [4.69, 9.17) is 0 Å². The molecule has 3 amide bonds. The fourth-order valence-electron chi connectivity index (χ4n) is 3.63. The van der Waals surface area contributed by atoms with E-state index in [9.17, 15) is 27.2 Å². The molecule has 8 nitrogen and oxygen atoms in total. The number of amides is 3. The van der Waals surface area contributed by atoms with Gasteiger partial charge >= 0.3 is 0 Å². The molecule has 10 heteroatoms. The third-order valence-electron chi connectivity index (χ3n) is 5.88. The summed E-state index contributed by atoms with van der Waals surface area (Å²) >= 11 is 0. The first-order valence-corrected chi connectivity index (χ1v) is 12.5. The summed E-state index contributed by atoms with van der Waals surface area (Å²) < 4.78 is 39.6. The molecule has 0 aromatic heterocycles. The summed E-state index contributed by atoms with van der Waals surface area (Å²) in [6.07, 6.45) is 0.404. The Bertz CT molecular complexity index is 1180. The zero-order chi connectivity index (χ0) is 25.0. The summed E-state index contributed by atoms with van der Waals surface area (Å²) in [5.74, 6) is -1.98. The van der Waals surface area contributed by atoms with Crippen molar-refractivity contribution < 1.29 is 27.2 Å². The SMILES string of the molecule is CC[C@H](C)NC(=O)[C@H](C)N(Cc1ccc(F)cc1)C(=O)CCN1C(=O)c2ccccc2S1(=O)=O. The van der Waals surface area contributed by atoms with E-state index >= 15 is 0 Å². The van der Waals surface area contributed by atoms with Crippen molar-refractivity contribution in [3.05, 3.63) is 65.5 Å². The quantitative estimate of drug-likeness (QED) is 0.583. The molecular formula is C24H28FN3O5S. The van der Waals surface area contributed by atoms with Gasteiger partial charge in [-0.15, -0.1) is 0 Å². The molecule has 1 aliphatic rings. The van der Waals surface area contributed by atoms with Crippen molar-refractivity contribution in [2.24, 2.45) is 0 Å². The molecule has 0 bridgehead atoms. The number of carbonyl (C=O) groups is 3. The second-order valence-electron chi connectivity index (χ2n) is 8.27. The number of sulfonamides is 1. The van der Waals surface area contributed by atoms with E-state index in [1.165, 1.54) is 47.4 Å². The Balaban J connectivity index is 1.79. The van der Waals surface area contributed by atoms with Crippen LogP contribution in [0.1, 0.15) is 49.5 Å². The van der Waals surface area contributed by atoms with Crippen LogP contribution in [-0.2, 0) is 26.2 Å². The van der Waals surface area contributed by atoms with Crippen LogP contribution in [0.3, 0.4) is 0 Å². The first kappa shape index (κ1) is 25.4. The van der Waals surface area contributed by atoms with E-state index in [0.29, 0.717) is 16.3 Å². The third kappa shape index (κ3) is 5.27. The zero-order valence-corrected chi connectivity index (χ0v) is 20.1. The van der Waals surface area contributed by atoms with Crippen molar-refractivity contribution in [1.82, 2.24) is 14.5 Å². The highest BCUT2D eigenvalue weighted by Crippen LogP contribution is 2.30. The number of nitrogens with one attached hydrogen (secondary N) is 1. The molecule has 0 radical (unpaired) electrons. The van der Waals surface area contributed by atoms with Crippen LogP contribution in [0.2, 0.25) is 0 Å². The predicted octanol–water partition coefficient (Wildman–Crippen LogP) is 2.69. The molecule has 2 aromatic rings. The highest BCUT2D eigenvalue weighted by atomic mass is 32.2. The van der Waals surface area contributed by atoms with Crippen molar-refractivity contribution in [2.45, 2.75) is 57.1 Å². The molecule has 3 rings (SSSR count). The van der Waals surface area contributed by atoms with Crippen molar-refractivity contribution in [3.8, 4) is 0 Å². The van der Waals surface area contributed by atoms with Gasteiger partial charge in [-0.3, -0.25) is 14.4 Å². The van der Waals surface area contributed by atoms with Crippen LogP contribution >= 0.6 is 0 Å². The van der Waals surface area contributed by atoms with Crippen molar-refractivity contribution in [1.29, 1.82) is 0 Å². The molecule has 2 atom stereocenters. The molecule has 0 spiro atoms. The number of halogens is 1. The summed E-state index contributed by atoms with van der Waals surface area (Å²) in [5.41, 5.74) is 0.676. The number of carbonyl (C=O) groups excluding carboxylic acids is 3. The summed E-state index contributed by atoms with van der Waals surface area (Å²) in [6, 6.07) is 10.5. The molecule has 1 N–H and O–H groups in total. The lowest BCUT2D eigenvalue weighted by Crippen LogP contribution is -2.50. The molecule has 1 aliphatic heterocycles. The Morgan fingerprint density at radius 1 is 1.09 bits per heavy atom. The van der Waals surface area contributed by atoms with Crippen LogP contribution in [-0.4, -0.2) is 54.0 Å². The third-order valence-corrected chi connectivity index (χ3v) is 7.72. The fraction of sp³-hybridized carbons (Fsp3) is 0.375. The number of hydrogen-bond donors (Lipinski definition) is 1. The average molecular weight is 490 g/mol. The van der Waals surface area contributed by atoms with Crippen LogP contribution in [0.5, 0.6) is 0 Å². The Labute approximate surface area is 198 Å². The summed E-state index contributed by atoms with van der Waals surface area (Å²) in [7, 11) is -4.04. The summed E-state index contributed by atoms with van der Waals surface area (Å²) in [4.78, 5) is 39.8. The van der Waals surface area contributed by atoms with Gasteiger partial charge in [0.1, 0.15) is 16.8 Å². The molecule has 0 unspecified atom stereocenters. The second-order valence-corrected chi connectivity index (χ2v) is 10.1. The molecular weight excluding hydrogens is 461 g/mol. The molecule has 0 fully saturated rings. The molecule has 0 saturated carbocycles. The highest BCUT2D eigenvalue weighted by molar-refractivity contribution is 7.90. The summed E-state index contributed by atoms with van der Waals surface area (Å²) in [6.45, 7) is 5.01. The van der Waals surface area contributed by atoms with E-state index in [1.54, 1.807) is 13.0 Å². The van der Waals surface area contributed by atoms with Gasteiger partial charge in [-0.25, -0.2) is 17.1 Å². The van der Waals surface area contributed by atoms with E-state index < -0.39 is 33.7 Å². The van der Waals surface area contributed by atoms with Crippen LogP contribution in [0.15, 0.2) is 53.4 Å². The average Bonchev–Trinajstić information content (AvgIpc) is 3.01. The topological polar surface area (TPSA) is 104 Å². The van der Waals surface area contributed by atoms with Gasteiger partial charge in [-0.2, -0.15) is 0 Å². The van der Waals surface area contributed by atoms with Crippen LogP contribution in [0.25, 0.3) is 0 Å². The van der Waals surface area contributed by atoms with E-state index in [-0.39, 0.29) is 41.9 Å². The first-order valence-electron chi connectivity index (χ1n) is 11.1. The first-order chi connectivity index (χ1) is 16.1. The number of fused-ring (bicyclic) bond motifs is 1. The predicted molar refractivity (Wildman–Crippen MR) is 124 cm³/mol. The van der Waals surface area contributed by atoms with E-state index in [0.717, 1.165) is 0 Å². The lowest BCUT2D eigenvalue weighted by Gasteiger charge is -2.30. The van der Waals surface area contributed by atoms with Crippen molar-refractivity contribution in [3.63, 3.8) is 0 Å². The number of hydrogen-bond acceptors (Lipinski definition) is 5. The van der Waals surface area contributed by atoms with E-state index in [1.807, 2.05) is 13.8 Å². The number of rotatable bonds is 9. The van der Waals surface area contributed by atoms with Crippen LogP contribution < -0.4 is 5.32 Å². The Morgan fingerprint density at radius 3 is 2.35 bits per heavy atom. The molecule has 0 saturated heterocycles. The van der Waals surface area contributed by atoms with Gasteiger partial charge in [0, 0.05) is 25.6 Å². The number of benzene rings is 2. The molecule has 0 aliphatic carbocycles. The minimum Gasteiger partial charge on any atom is -0.352 e. The van der Waals surface area contributed by atoms with Gasteiger partial charge in [0.2, 0.25) is 11.8 Å². The molecule has 34 heavy (non-hydrogen) atoms. The van der Waals surface area contributed by atoms with Gasteiger partial charge in [-0.1, -0.05) is 31.2 Å². The minimum absolute atomic E-state index is 0.0229. The Kier molecular flexibility index (Phi) is 7.71. The van der Waals surface area contributed by atoms with E-state index in [2.05, 4.69) is 5.32 Å². The smallest absolute Gasteiger partial charge is 0.269 e. The maximum atomic E-state index is 13.3. The highest BCUT2D eigenvalue weighted by Gasteiger charge is 2.41.